The molecule has 0 atom stereocenters. The molecule has 1 aliphatic rings. The highest BCUT2D eigenvalue weighted by Gasteiger charge is 2.29. The SMILES string of the molecule is O=c1[nH]c2ccc(S(=O)(=O)N3CCC(Cc4ccc(F)cc4)CC3)cc2[nH]1. The summed E-state index contributed by atoms with van der Waals surface area (Å²) in [4.78, 5) is 16.7. The zero-order valence-electron chi connectivity index (χ0n) is 14.6. The molecule has 1 aromatic heterocycles. The minimum Gasteiger partial charge on any atom is -0.306 e. The van der Waals surface area contributed by atoms with Crippen LogP contribution in [0.1, 0.15) is 18.4 Å². The lowest BCUT2D eigenvalue weighted by Gasteiger charge is -2.31. The zero-order valence-corrected chi connectivity index (χ0v) is 15.4. The topological polar surface area (TPSA) is 86.0 Å². The summed E-state index contributed by atoms with van der Waals surface area (Å²) in [6, 6.07) is 11.1. The molecule has 1 fully saturated rings. The van der Waals surface area contributed by atoms with Gasteiger partial charge < -0.3 is 9.97 Å². The molecule has 1 saturated heterocycles. The number of hydrogen-bond donors (Lipinski definition) is 2. The zero-order chi connectivity index (χ0) is 19.0. The fourth-order valence-corrected chi connectivity index (χ4v) is 5.13. The van der Waals surface area contributed by atoms with Crippen LogP contribution < -0.4 is 5.69 Å². The number of nitrogens with one attached hydrogen (secondary N) is 2. The third-order valence-corrected chi connectivity index (χ3v) is 7.03. The van der Waals surface area contributed by atoms with Crippen molar-refractivity contribution in [2.75, 3.05) is 13.1 Å². The number of aromatic amines is 2. The predicted octanol–water partition coefficient (Wildman–Crippen LogP) is 2.64. The van der Waals surface area contributed by atoms with Gasteiger partial charge in [0.2, 0.25) is 10.0 Å². The van der Waals surface area contributed by atoms with Crippen molar-refractivity contribution in [3.63, 3.8) is 0 Å². The van der Waals surface area contributed by atoms with Crippen LogP contribution in [0, 0.1) is 11.7 Å². The molecule has 2 aromatic carbocycles. The number of imidazole rings is 1. The summed E-state index contributed by atoms with van der Waals surface area (Å²) in [5, 5.41) is 0. The Morgan fingerprint density at radius 1 is 1.00 bits per heavy atom. The average molecular weight is 389 g/mol. The highest BCUT2D eigenvalue weighted by Crippen LogP contribution is 2.27. The molecular weight excluding hydrogens is 369 g/mol. The van der Waals surface area contributed by atoms with Gasteiger partial charge in [-0.3, -0.25) is 0 Å². The van der Waals surface area contributed by atoms with E-state index in [2.05, 4.69) is 9.97 Å². The molecule has 0 aliphatic carbocycles. The molecular formula is C19H20FN3O3S. The van der Waals surface area contributed by atoms with Gasteiger partial charge in [-0.25, -0.2) is 17.6 Å². The Balaban J connectivity index is 1.45. The summed E-state index contributed by atoms with van der Waals surface area (Å²) < 4.78 is 40.4. The monoisotopic (exact) mass is 389 g/mol. The smallest absolute Gasteiger partial charge is 0.306 e. The molecule has 1 aliphatic heterocycles. The lowest BCUT2D eigenvalue weighted by molar-refractivity contribution is 0.273. The van der Waals surface area contributed by atoms with Crippen molar-refractivity contribution in [1.82, 2.24) is 14.3 Å². The van der Waals surface area contributed by atoms with Gasteiger partial charge in [0.05, 0.1) is 15.9 Å². The standard InChI is InChI=1S/C19H20FN3O3S/c20-15-3-1-13(2-4-15)11-14-7-9-23(10-8-14)27(25,26)16-5-6-17-18(12-16)22-19(24)21-17/h1-6,12,14H,7-11H2,(H2,21,22,24). The van der Waals surface area contributed by atoms with Crippen LogP contribution in [0.3, 0.4) is 0 Å². The van der Waals surface area contributed by atoms with Crippen LogP contribution in [0.5, 0.6) is 0 Å². The van der Waals surface area contributed by atoms with Crippen LogP contribution in [-0.4, -0.2) is 35.8 Å². The fraction of sp³-hybridized carbons (Fsp3) is 0.316. The largest absolute Gasteiger partial charge is 0.323 e. The van der Waals surface area contributed by atoms with E-state index in [1.165, 1.54) is 28.6 Å². The van der Waals surface area contributed by atoms with Crippen molar-refractivity contribution >= 4 is 21.1 Å². The van der Waals surface area contributed by atoms with Crippen molar-refractivity contribution in [3.05, 3.63) is 64.3 Å². The Hall–Kier alpha value is -2.45. The van der Waals surface area contributed by atoms with E-state index in [4.69, 9.17) is 0 Å². The van der Waals surface area contributed by atoms with Gasteiger partial charge in [-0.15, -0.1) is 0 Å². The first-order valence-electron chi connectivity index (χ1n) is 8.88. The quantitative estimate of drug-likeness (QED) is 0.719. The molecule has 8 heteroatoms. The maximum atomic E-state index is 13.0. The van der Waals surface area contributed by atoms with E-state index >= 15 is 0 Å². The molecule has 0 spiro atoms. The predicted molar refractivity (Wildman–Crippen MR) is 101 cm³/mol. The maximum absolute atomic E-state index is 13.0. The molecule has 3 aromatic rings. The molecule has 6 nitrogen and oxygen atoms in total. The molecule has 0 amide bonds. The number of H-pyrrole nitrogens is 2. The van der Waals surface area contributed by atoms with Crippen LogP contribution in [0.25, 0.3) is 11.0 Å². The number of sulfonamides is 1. The molecule has 0 bridgehead atoms. The van der Waals surface area contributed by atoms with E-state index in [1.54, 1.807) is 18.2 Å². The van der Waals surface area contributed by atoms with Crippen molar-refractivity contribution in [2.45, 2.75) is 24.2 Å². The van der Waals surface area contributed by atoms with Gasteiger partial charge in [0.25, 0.3) is 0 Å². The van der Waals surface area contributed by atoms with E-state index in [9.17, 15) is 17.6 Å². The highest BCUT2D eigenvalue weighted by atomic mass is 32.2. The van der Waals surface area contributed by atoms with Gasteiger partial charge in [-0.05, 0) is 61.1 Å². The van der Waals surface area contributed by atoms with Gasteiger partial charge in [-0.1, -0.05) is 12.1 Å². The number of fused-ring (bicyclic) bond motifs is 1. The van der Waals surface area contributed by atoms with Crippen LogP contribution in [0.15, 0.2) is 52.2 Å². The first kappa shape index (κ1) is 17.9. The third-order valence-electron chi connectivity index (χ3n) is 5.14. The molecule has 2 N–H and O–H groups in total. The van der Waals surface area contributed by atoms with E-state index in [1.807, 2.05) is 0 Å². The molecule has 0 saturated carbocycles. The second kappa shape index (κ2) is 6.94. The molecule has 0 radical (unpaired) electrons. The minimum absolute atomic E-state index is 0.183. The number of aromatic nitrogens is 2. The Labute approximate surface area is 156 Å². The molecule has 27 heavy (non-hydrogen) atoms. The van der Waals surface area contributed by atoms with Gasteiger partial charge in [0.1, 0.15) is 5.82 Å². The second-order valence-corrected chi connectivity index (χ2v) is 8.90. The summed E-state index contributed by atoms with van der Waals surface area (Å²) in [6.07, 6.45) is 2.35. The van der Waals surface area contributed by atoms with Crippen LogP contribution in [0.4, 0.5) is 4.39 Å². The van der Waals surface area contributed by atoms with E-state index in [-0.39, 0.29) is 16.4 Å². The molecule has 142 valence electrons. The Kier molecular flexibility index (Phi) is 4.61. The minimum atomic E-state index is -3.60. The van der Waals surface area contributed by atoms with E-state index < -0.39 is 10.0 Å². The molecule has 2 heterocycles. The first-order chi connectivity index (χ1) is 12.9. The number of benzene rings is 2. The highest BCUT2D eigenvalue weighted by molar-refractivity contribution is 7.89. The number of hydrogen-bond acceptors (Lipinski definition) is 3. The van der Waals surface area contributed by atoms with Crippen molar-refractivity contribution in [3.8, 4) is 0 Å². The Morgan fingerprint density at radius 2 is 1.67 bits per heavy atom. The van der Waals surface area contributed by atoms with Gasteiger partial charge in [-0.2, -0.15) is 4.31 Å². The Morgan fingerprint density at radius 3 is 2.37 bits per heavy atom. The molecule has 0 unspecified atom stereocenters. The average Bonchev–Trinajstić information content (AvgIpc) is 3.03. The maximum Gasteiger partial charge on any atom is 0.323 e. The van der Waals surface area contributed by atoms with E-state index in [0.29, 0.717) is 30.0 Å². The summed E-state index contributed by atoms with van der Waals surface area (Å²) in [5.41, 5.74) is 1.77. The molecule has 4 rings (SSSR count). The normalized spacial score (nSPS) is 16.8. The van der Waals surface area contributed by atoms with Gasteiger partial charge in [0, 0.05) is 13.1 Å². The van der Waals surface area contributed by atoms with Gasteiger partial charge >= 0.3 is 5.69 Å². The van der Waals surface area contributed by atoms with Crippen molar-refractivity contribution < 1.29 is 12.8 Å². The van der Waals surface area contributed by atoms with Crippen molar-refractivity contribution in [2.24, 2.45) is 5.92 Å². The number of piperidine rings is 1. The van der Waals surface area contributed by atoms with Crippen LogP contribution in [0.2, 0.25) is 0 Å². The number of halogens is 1. The van der Waals surface area contributed by atoms with Crippen molar-refractivity contribution in [1.29, 1.82) is 0 Å². The first-order valence-corrected chi connectivity index (χ1v) is 10.3. The summed E-state index contributed by atoms with van der Waals surface area (Å²) in [6.45, 7) is 0.909. The fourth-order valence-electron chi connectivity index (χ4n) is 3.63. The van der Waals surface area contributed by atoms with E-state index in [0.717, 1.165) is 24.8 Å². The summed E-state index contributed by atoms with van der Waals surface area (Å²) in [7, 11) is -3.60. The second-order valence-electron chi connectivity index (χ2n) is 6.96. The number of rotatable bonds is 4. The van der Waals surface area contributed by atoms with Crippen LogP contribution >= 0.6 is 0 Å². The summed E-state index contributed by atoms with van der Waals surface area (Å²) >= 11 is 0. The number of nitrogens with zero attached hydrogens (tertiary/aromatic N) is 1. The third kappa shape index (κ3) is 3.68. The van der Waals surface area contributed by atoms with Gasteiger partial charge in [0.15, 0.2) is 0 Å². The Bertz CT molecular complexity index is 1110. The lowest BCUT2D eigenvalue weighted by atomic mass is 9.91. The van der Waals surface area contributed by atoms with Crippen LogP contribution in [-0.2, 0) is 16.4 Å². The lowest BCUT2D eigenvalue weighted by Crippen LogP contribution is -2.38. The summed E-state index contributed by atoms with van der Waals surface area (Å²) in [5.74, 6) is 0.130.